The summed E-state index contributed by atoms with van der Waals surface area (Å²) in [7, 11) is 0. The number of nitrogens with one attached hydrogen (secondary N) is 1. The summed E-state index contributed by atoms with van der Waals surface area (Å²) in [6, 6.07) is 9.90. The molecule has 0 saturated heterocycles. The number of aryl methyl sites for hydroxylation is 1. The fourth-order valence-corrected chi connectivity index (χ4v) is 2.15. The van der Waals surface area contributed by atoms with Gasteiger partial charge in [0.25, 0.3) is 0 Å². The fraction of sp³-hybridized carbons (Fsp3) is 0.133. The zero-order valence-corrected chi connectivity index (χ0v) is 12.5. The average molecular weight is 337 g/mol. The van der Waals surface area contributed by atoms with E-state index in [4.69, 9.17) is 15.9 Å². The van der Waals surface area contributed by atoms with Crippen molar-refractivity contribution in [2.75, 3.05) is 0 Å². The van der Waals surface area contributed by atoms with Gasteiger partial charge in [-0.15, -0.1) is 0 Å². The lowest BCUT2D eigenvalue weighted by Gasteiger charge is -2.12. The van der Waals surface area contributed by atoms with Crippen LogP contribution in [0.4, 0.5) is 4.39 Å². The molecule has 0 radical (unpaired) electrons. The Labute approximate surface area is 125 Å². The summed E-state index contributed by atoms with van der Waals surface area (Å²) in [6.07, 6.45) is 0. The number of rotatable bonds is 4. The number of nitrogens with two attached hydrogens (primary N) is 1. The van der Waals surface area contributed by atoms with Crippen LogP contribution in [-0.4, -0.2) is 5.84 Å². The molecule has 2 aromatic rings. The third kappa shape index (κ3) is 3.36. The standard InChI is InChI=1S/C15H14BrFN2O/c1-9-2-4-11(16)6-14(9)20-8-10-3-5-12(17)7-13(10)15(18)19/h2-7H,8H2,1H3,(H3,18,19). The molecule has 0 atom stereocenters. The van der Waals surface area contributed by atoms with Crippen LogP contribution in [-0.2, 0) is 6.61 Å². The van der Waals surface area contributed by atoms with Crippen molar-refractivity contribution in [3.05, 3.63) is 63.4 Å². The molecule has 0 saturated carbocycles. The van der Waals surface area contributed by atoms with Crippen LogP contribution < -0.4 is 10.5 Å². The van der Waals surface area contributed by atoms with Crippen molar-refractivity contribution in [1.82, 2.24) is 0 Å². The fourth-order valence-electron chi connectivity index (χ4n) is 1.81. The predicted octanol–water partition coefficient (Wildman–Crippen LogP) is 3.76. The normalized spacial score (nSPS) is 10.3. The zero-order valence-electron chi connectivity index (χ0n) is 10.9. The Bertz CT molecular complexity index is 658. The van der Waals surface area contributed by atoms with Crippen molar-refractivity contribution in [2.24, 2.45) is 5.73 Å². The lowest BCUT2D eigenvalue weighted by atomic mass is 10.1. The van der Waals surface area contributed by atoms with Crippen LogP contribution in [0.3, 0.4) is 0 Å². The van der Waals surface area contributed by atoms with Crippen molar-refractivity contribution >= 4 is 21.8 Å². The topological polar surface area (TPSA) is 59.1 Å². The molecule has 0 aliphatic rings. The van der Waals surface area contributed by atoms with Gasteiger partial charge in [-0.3, -0.25) is 5.41 Å². The van der Waals surface area contributed by atoms with E-state index in [9.17, 15) is 4.39 Å². The smallest absolute Gasteiger partial charge is 0.123 e. The summed E-state index contributed by atoms with van der Waals surface area (Å²) in [4.78, 5) is 0. The molecule has 3 nitrogen and oxygen atoms in total. The molecule has 5 heteroatoms. The third-order valence-corrected chi connectivity index (χ3v) is 3.39. The van der Waals surface area contributed by atoms with Crippen molar-refractivity contribution < 1.29 is 9.13 Å². The minimum Gasteiger partial charge on any atom is -0.489 e. The Morgan fingerprint density at radius 2 is 2.05 bits per heavy atom. The zero-order chi connectivity index (χ0) is 14.7. The quantitative estimate of drug-likeness (QED) is 0.659. The largest absolute Gasteiger partial charge is 0.489 e. The highest BCUT2D eigenvalue weighted by Gasteiger charge is 2.09. The first kappa shape index (κ1) is 14.5. The van der Waals surface area contributed by atoms with Crippen LogP contribution >= 0.6 is 15.9 Å². The Hall–Kier alpha value is -1.88. The van der Waals surface area contributed by atoms with Crippen LogP contribution in [0.25, 0.3) is 0 Å². The van der Waals surface area contributed by atoms with Gasteiger partial charge in [0.1, 0.15) is 24.0 Å². The molecule has 2 rings (SSSR count). The molecule has 104 valence electrons. The molecule has 2 aromatic carbocycles. The summed E-state index contributed by atoms with van der Waals surface area (Å²) >= 11 is 3.39. The van der Waals surface area contributed by atoms with Crippen LogP contribution in [0.5, 0.6) is 5.75 Å². The van der Waals surface area contributed by atoms with E-state index in [0.29, 0.717) is 11.1 Å². The second kappa shape index (κ2) is 6.05. The number of ether oxygens (including phenoxy) is 1. The van der Waals surface area contributed by atoms with E-state index in [-0.39, 0.29) is 12.4 Å². The predicted molar refractivity (Wildman–Crippen MR) is 80.6 cm³/mol. The number of amidine groups is 1. The van der Waals surface area contributed by atoms with Gasteiger partial charge in [0.05, 0.1) is 0 Å². The van der Waals surface area contributed by atoms with E-state index < -0.39 is 5.82 Å². The van der Waals surface area contributed by atoms with Crippen molar-refractivity contribution in [1.29, 1.82) is 5.41 Å². The first-order valence-corrected chi connectivity index (χ1v) is 6.78. The molecular formula is C15H14BrFN2O. The van der Waals surface area contributed by atoms with Crippen LogP contribution in [0, 0.1) is 18.2 Å². The lowest BCUT2D eigenvalue weighted by Crippen LogP contribution is -2.15. The maximum absolute atomic E-state index is 13.2. The second-order valence-corrected chi connectivity index (χ2v) is 5.33. The summed E-state index contributed by atoms with van der Waals surface area (Å²) in [5.74, 6) is 0.143. The van der Waals surface area contributed by atoms with E-state index in [0.717, 1.165) is 15.8 Å². The SMILES string of the molecule is Cc1ccc(Br)cc1OCc1ccc(F)cc1C(=N)N. The van der Waals surface area contributed by atoms with Gasteiger partial charge in [-0.25, -0.2) is 4.39 Å². The van der Waals surface area contributed by atoms with E-state index in [1.807, 2.05) is 25.1 Å². The maximum atomic E-state index is 13.2. The number of halogens is 2. The number of hydrogen-bond acceptors (Lipinski definition) is 2. The number of nitrogen functional groups attached to an aromatic ring is 1. The molecule has 0 aromatic heterocycles. The molecule has 0 aliphatic heterocycles. The van der Waals surface area contributed by atoms with Crippen LogP contribution in [0.15, 0.2) is 40.9 Å². The third-order valence-electron chi connectivity index (χ3n) is 2.90. The van der Waals surface area contributed by atoms with Gasteiger partial charge in [0.15, 0.2) is 0 Å². The molecule has 0 unspecified atom stereocenters. The van der Waals surface area contributed by atoms with Gasteiger partial charge >= 0.3 is 0 Å². The van der Waals surface area contributed by atoms with Gasteiger partial charge in [-0.2, -0.15) is 0 Å². The maximum Gasteiger partial charge on any atom is 0.123 e. The molecular weight excluding hydrogens is 323 g/mol. The minimum atomic E-state index is -0.419. The highest BCUT2D eigenvalue weighted by molar-refractivity contribution is 9.10. The van der Waals surface area contributed by atoms with Crippen LogP contribution in [0.2, 0.25) is 0 Å². The molecule has 0 spiro atoms. The van der Waals surface area contributed by atoms with Crippen molar-refractivity contribution in [3.8, 4) is 5.75 Å². The number of benzene rings is 2. The monoisotopic (exact) mass is 336 g/mol. The van der Waals surface area contributed by atoms with Gasteiger partial charge in [0, 0.05) is 15.6 Å². The summed E-state index contributed by atoms with van der Waals surface area (Å²) in [6.45, 7) is 2.17. The molecule has 0 aliphatic carbocycles. The van der Waals surface area contributed by atoms with E-state index in [2.05, 4.69) is 15.9 Å². The van der Waals surface area contributed by atoms with E-state index in [1.165, 1.54) is 12.1 Å². The van der Waals surface area contributed by atoms with Gasteiger partial charge in [-0.1, -0.05) is 28.1 Å². The molecule has 3 N–H and O–H groups in total. The Balaban J connectivity index is 2.23. The van der Waals surface area contributed by atoms with Gasteiger partial charge in [-0.05, 0) is 36.8 Å². The van der Waals surface area contributed by atoms with Gasteiger partial charge in [0.2, 0.25) is 0 Å². The molecule has 20 heavy (non-hydrogen) atoms. The average Bonchev–Trinajstić information content (AvgIpc) is 2.40. The van der Waals surface area contributed by atoms with E-state index >= 15 is 0 Å². The Kier molecular flexibility index (Phi) is 4.39. The molecule has 0 amide bonds. The summed E-state index contributed by atoms with van der Waals surface area (Å²) in [5.41, 5.74) is 7.50. The first-order chi connectivity index (χ1) is 9.47. The summed E-state index contributed by atoms with van der Waals surface area (Å²) < 4.78 is 19.8. The first-order valence-electron chi connectivity index (χ1n) is 5.99. The summed E-state index contributed by atoms with van der Waals surface area (Å²) in [5, 5.41) is 7.48. The molecule has 0 bridgehead atoms. The second-order valence-electron chi connectivity index (χ2n) is 4.41. The lowest BCUT2D eigenvalue weighted by molar-refractivity contribution is 0.303. The van der Waals surface area contributed by atoms with E-state index in [1.54, 1.807) is 6.07 Å². The highest BCUT2D eigenvalue weighted by Crippen LogP contribution is 2.24. The minimum absolute atomic E-state index is 0.172. The Morgan fingerprint density at radius 1 is 1.30 bits per heavy atom. The number of hydrogen-bond donors (Lipinski definition) is 2. The Morgan fingerprint density at radius 3 is 2.75 bits per heavy atom. The van der Waals surface area contributed by atoms with Crippen molar-refractivity contribution in [2.45, 2.75) is 13.5 Å². The van der Waals surface area contributed by atoms with Gasteiger partial charge < -0.3 is 10.5 Å². The molecule has 0 heterocycles. The van der Waals surface area contributed by atoms with Crippen molar-refractivity contribution in [3.63, 3.8) is 0 Å². The molecule has 0 fully saturated rings. The van der Waals surface area contributed by atoms with Crippen LogP contribution in [0.1, 0.15) is 16.7 Å². The highest BCUT2D eigenvalue weighted by atomic mass is 79.9.